The predicted molar refractivity (Wildman–Crippen MR) is 121 cm³/mol. The van der Waals surface area contributed by atoms with Gasteiger partial charge in [0.2, 0.25) is 0 Å². The minimum absolute atomic E-state index is 0.195. The number of ether oxygens (including phenoxy) is 2. The molecule has 1 saturated heterocycles. The molecule has 3 rings (SSSR count). The van der Waals surface area contributed by atoms with Crippen LogP contribution in [0.2, 0.25) is 0 Å². The summed E-state index contributed by atoms with van der Waals surface area (Å²) in [6, 6.07) is 13.7. The van der Waals surface area contributed by atoms with Crippen molar-refractivity contribution < 1.29 is 19.1 Å². The molecule has 30 heavy (non-hydrogen) atoms. The summed E-state index contributed by atoms with van der Waals surface area (Å²) in [6.07, 6.45) is 2.65. The molecule has 0 bridgehead atoms. The van der Waals surface area contributed by atoms with Crippen molar-refractivity contribution in [2.75, 3.05) is 7.11 Å². The standard InChI is InChI=1S/C21H18BrN3O4S/c1-13-4-3-5-14(8-13)12-29-17-7-6-16(22)9-15(17)11-23-25-21-24-20(27)18(30-21)10-19(26)28-2/h3-11H,12H2,1-2H3,(H,24,25,27)/b18-10+,23-11?. The Morgan fingerprint density at radius 3 is 2.87 bits per heavy atom. The Morgan fingerprint density at radius 1 is 1.27 bits per heavy atom. The lowest BCUT2D eigenvalue weighted by atomic mass is 10.1. The lowest BCUT2D eigenvalue weighted by Crippen LogP contribution is -2.19. The van der Waals surface area contributed by atoms with Crippen LogP contribution < -0.4 is 10.1 Å². The van der Waals surface area contributed by atoms with E-state index in [1.807, 2.05) is 43.3 Å². The van der Waals surface area contributed by atoms with E-state index in [1.165, 1.54) is 18.9 Å². The third-order valence-electron chi connectivity index (χ3n) is 3.90. The van der Waals surface area contributed by atoms with Gasteiger partial charge in [-0.2, -0.15) is 5.10 Å². The first kappa shape index (κ1) is 21.8. The van der Waals surface area contributed by atoms with Gasteiger partial charge >= 0.3 is 5.97 Å². The van der Waals surface area contributed by atoms with Crippen LogP contribution in [0, 0.1) is 6.92 Å². The van der Waals surface area contributed by atoms with Crippen LogP contribution in [0.4, 0.5) is 0 Å². The van der Waals surface area contributed by atoms with E-state index in [0.29, 0.717) is 12.4 Å². The first-order chi connectivity index (χ1) is 14.4. The number of methoxy groups -OCH3 is 1. The Kier molecular flexibility index (Phi) is 7.42. The number of nitrogens with zero attached hydrogens (tertiary/aromatic N) is 2. The Hall–Kier alpha value is -2.91. The molecule has 154 valence electrons. The number of carbonyl (C=O) groups excluding carboxylic acids is 2. The van der Waals surface area contributed by atoms with Gasteiger partial charge < -0.3 is 9.47 Å². The average molecular weight is 488 g/mol. The van der Waals surface area contributed by atoms with Gasteiger partial charge in [-0.3, -0.25) is 10.1 Å². The smallest absolute Gasteiger partial charge is 0.331 e. The van der Waals surface area contributed by atoms with Crippen LogP contribution in [0.15, 0.2) is 68.1 Å². The summed E-state index contributed by atoms with van der Waals surface area (Å²) >= 11 is 4.45. The van der Waals surface area contributed by atoms with Crippen LogP contribution in [0.25, 0.3) is 0 Å². The molecule has 1 N–H and O–H groups in total. The largest absolute Gasteiger partial charge is 0.488 e. The zero-order chi connectivity index (χ0) is 21.5. The lowest BCUT2D eigenvalue weighted by Gasteiger charge is -2.10. The highest BCUT2D eigenvalue weighted by atomic mass is 79.9. The monoisotopic (exact) mass is 487 g/mol. The number of thioether (sulfide) groups is 1. The van der Waals surface area contributed by atoms with Crippen molar-refractivity contribution in [3.63, 3.8) is 0 Å². The third kappa shape index (κ3) is 6.04. The maximum absolute atomic E-state index is 11.8. The minimum Gasteiger partial charge on any atom is -0.488 e. The van der Waals surface area contributed by atoms with Gasteiger partial charge in [0.15, 0.2) is 5.17 Å². The van der Waals surface area contributed by atoms with Crippen LogP contribution in [0.3, 0.4) is 0 Å². The molecule has 0 radical (unpaired) electrons. The maximum atomic E-state index is 11.8. The quantitative estimate of drug-likeness (QED) is 0.288. The molecule has 1 amide bonds. The molecule has 2 aromatic carbocycles. The number of aryl methyl sites for hydroxylation is 1. The van der Waals surface area contributed by atoms with Crippen LogP contribution in [-0.2, 0) is 20.9 Å². The second-order valence-corrected chi connectivity index (χ2v) is 8.14. The molecule has 0 spiro atoms. The zero-order valence-corrected chi connectivity index (χ0v) is 18.6. The molecule has 0 saturated carbocycles. The van der Waals surface area contributed by atoms with E-state index in [0.717, 1.165) is 33.4 Å². The van der Waals surface area contributed by atoms with Gasteiger partial charge in [0.1, 0.15) is 12.4 Å². The van der Waals surface area contributed by atoms with E-state index >= 15 is 0 Å². The van der Waals surface area contributed by atoms with Gasteiger partial charge in [-0.05, 0) is 42.4 Å². The van der Waals surface area contributed by atoms with E-state index in [2.05, 4.69) is 42.3 Å². The molecule has 1 aliphatic heterocycles. The number of carbonyl (C=O) groups is 2. The van der Waals surface area contributed by atoms with Crippen molar-refractivity contribution in [1.82, 2.24) is 5.32 Å². The van der Waals surface area contributed by atoms with Crippen molar-refractivity contribution in [1.29, 1.82) is 0 Å². The summed E-state index contributed by atoms with van der Waals surface area (Å²) in [5.41, 5.74) is 2.96. The molecule has 0 unspecified atom stereocenters. The van der Waals surface area contributed by atoms with Crippen LogP contribution >= 0.6 is 27.7 Å². The summed E-state index contributed by atoms with van der Waals surface area (Å²) in [7, 11) is 1.24. The summed E-state index contributed by atoms with van der Waals surface area (Å²) in [6.45, 7) is 2.46. The van der Waals surface area contributed by atoms with Crippen molar-refractivity contribution in [3.05, 3.63) is 74.6 Å². The highest BCUT2D eigenvalue weighted by Crippen LogP contribution is 2.25. The highest BCUT2D eigenvalue weighted by Gasteiger charge is 2.25. The second-order valence-electron chi connectivity index (χ2n) is 6.20. The van der Waals surface area contributed by atoms with E-state index in [-0.39, 0.29) is 10.1 Å². The van der Waals surface area contributed by atoms with Gasteiger partial charge in [0, 0.05) is 16.1 Å². The summed E-state index contributed by atoms with van der Waals surface area (Å²) in [5, 5.41) is 10.9. The second kappa shape index (κ2) is 10.2. The number of rotatable bonds is 6. The van der Waals surface area contributed by atoms with Gasteiger partial charge in [-0.1, -0.05) is 45.8 Å². The van der Waals surface area contributed by atoms with Gasteiger partial charge in [-0.25, -0.2) is 4.79 Å². The fourth-order valence-corrected chi connectivity index (χ4v) is 3.62. The number of halogens is 1. The van der Waals surface area contributed by atoms with E-state index in [9.17, 15) is 9.59 Å². The first-order valence-corrected chi connectivity index (χ1v) is 10.4. The van der Waals surface area contributed by atoms with E-state index < -0.39 is 11.9 Å². The Labute approximate surface area is 186 Å². The summed E-state index contributed by atoms with van der Waals surface area (Å²) < 4.78 is 11.3. The predicted octanol–water partition coefficient (Wildman–Crippen LogP) is 3.95. The molecule has 2 aromatic rings. The molecule has 9 heteroatoms. The summed E-state index contributed by atoms with van der Waals surface area (Å²) in [5.74, 6) is -0.385. The molecule has 1 heterocycles. The number of amidine groups is 1. The fraction of sp³-hybridized carbons (Fsp3) is 0.143. The normalized spacial score (nSPS) is 16.3. The Morgan fingerprint density at radius 2 is 2.10 bits per heavy atom. The van der Waals surface area contributed by atoms with Crippen molar-refractivity contribution in [2.24, 2.45) is 10.2 Å². The van der Waals surface area contributed by atoms with Crippen LogP contribution in [0.5, 0.6) is 5.75 Å². The zero-order valence-electron chi connectivity index (χ0n) is 16.2. The fourth-order valence-electron chi connectivity index (χ4n) is 2.50. The number of nitrogens with one attached hydrogen (secondary N) is 1. The number of amides is 1. The SMILES string of the molecule is COC(=O)/C=C1/S/C(=N\N=Cc2cc(Br)ccc2OCc2cccc(C)c2)NC1=O. The van der Waals surface area contributed by atoms with Gasteiger partial charge in [-0.15, -0.1) is 5.10 Å². The Bertz CT molecular complexity index is 1070. The number of esters is 1. The van der Waals surface area contributed by atoms with Gasteiger partial charge in [0.25, 0.3) is 5.91 Å². The van der Waals surface area contributed by atoms with Crippen molar-refractivity contribution in [2.45, 2.75) is 13.5 Å². The van der Waals surface area contributed by atoms with E-state index in [4.69, 9.17) is 4.74 Å². The number of benzene rings is 2. The molecule has 0 aliphatic carbocycles. The van der Waals surface area contributed by atoms with Gasteiger partial charge in [0.05, 0.1) is 18.2 Å². The Balaban J connectivity index is 1.71. The molecule has 7 nitrogen and oxygen atoms in total. The maximum Gasteiger partial charge on any atom is 0.331 e. The highest BCUT2D eigenvalue weighted by molar-refractivity contribution is 9.10. The molecular weight excluding hydrogens is 470 g/mol. The number of hydrogen-bond donors (Lipinski definition) is 1. The number of hydrogen-bond acceptors (Lipinski definition) is 7. The van der Waals surface area contributed by atoms with E-state index in [1.54, 1.807) is 0 Å². The third-order valence-corrected chi connectivity index (χ3v) is 5.29. The van der Waals surface area contributed by atoms with Crippen LogP contribution in [0.1, 0.15) is 16.7 Å². The minimum atomic E-state index is -0.609. The average Bonchev–Trinajstić information content (AvgIpc) is 3.06. The molecular formula is C21H18BrN3O4S. The topological polar surface area (TPSA) is 89.3 Å². The first-order valence-electron chi connectivity index (χ1n) is 8.82. The van der Waals surface area contributed by atoms with Crippen molar-refractivity contribution >= 4 is 51.0 Å². The molecule has 0 aromatic heterocycles. The lowest BCUT2D eigenvalue weighted by molar-refractivity contribution is -0.135. The molecule has 0 atom stereocenters. The molecule has 1 fully saturated rings. The van der Waals surface area contributed by atoms with Crippen LogP contribution in [-0.4, -0.2) is 30.4 Å². The summed E-state index contributed by atoms with van der Waals surface area (Å²) in [4.78, 5) is 23.3. The molecule has 1 aliphatic rings. The van der Waals surface area contributed by atoms with Crippen molar-refractivity contribution in [3.8, 4) is 5.75 Å².